The summed E-state index contributed by atoms with van der Waals surface area (Å²) in [6.45, 7) is 7.91. The van der Waals surface area contributed by atoms with Gasteiger partial charge in [-0.05, 0) is 69.2 Å². The van der Waals surface area contributed by atoms with Crippen molar-refractivity contribution in [1.29, 1.82) is 0 Å². The molecule has 2 N–H and O–H groups in total. The molecule has 0 unspecified atom stereocenters. The molecule has 10 heteroatoms. The maximum atomic E-state index is 13.4. The van der Waals surface area contributed by atoms with Crippen molar-refractivity contribution in [3.63, 3.8) is 0 Å². The number of phenolic OH excluding ortho intramolecular Hbond substituents is 2. The molecule has 2 aromatic carbocycles. The van der Waals surface area contributed by atoms with Crippen LogP contribution in [0.5, 0.6) is 23.0 Å². The number of carbonyl (C=O) groups excluding carboxylic acids is 1. The highest BCUT2D eigenvalue weighted by Gasteiger charge is 2.32. The van der Waals surface area contributed by atoms with E-state index in [1.165, 1.54) is 28.0 Å². The maximum Gasteiger partial charge on any atom is 0.338 e. The number of esters is 1. The number of benzene rings is 2. The minimum Gasteiger partial charge on any atom is -0.504 e. The van der Waals surface area contributed by atoms with Gasteiger partial charge in [-0.1, -0.05) is 23.5 Å². The normalized spacial score (nSPS) is 15.2. The molecule has 0 bridgehead atoms. The van der Waals surface area contributed by atoms with Crippen LogP contribution in [0.2, 0.25) is 0 Å². The first-order valence-corrected chi connectivity index (χ1v) is 12.7. The lowest BCUT2D eigenvalue weighted by Crippen LogP contribution is -2.35. The quantitative estimate of drug-likeness (QED) is 0.435. The summed E-state index contributed by atoms with van der Waals surface area (Å²) in [7, 11) is 0. The highest BCUT2D eigenvalue weighted by molar-refractivity contribution is 7.07. The number of allylic oxidation sites excluding steroid dienone is 1. The number of aromatic nitrogens is 1. The topological polar surface area (TPSA) is 120 Å². The first-order valence-electron chi connectivity index (χ1n) is 11.9. The molecule has 0 spiro atoms. The van der Waals surface area contributed by atoms with Crippen molar-refractivity contribution in [2.75, 3.05) is 19.8 Å². The van der Waals surface area contributed by atoms with Crippen molar-refractivity contribution >= 4 is 29.1 Å². The van der Waals surface area contributed by atoms with E-state index in [0.29, 0.717) is 45.1 Å². The molecule has 3 aromatic rings. The van der Waals surface area contributed by atoms with Crippen LogP contribution in [0.15, 0.2) is 51.8 Å². The first-order chi connectivity index (χ1) is 17.8. The minimum absolute atomic E-state index is 0.0113. The van der Waals surface area contributed by atoms with Gasteiger partial charge < -0.3 is 24.4 Å². The lowest BCUT2D eigenvalue weighted by atomic mass is 9.96. The summed E-state index contributed by atoms with van der Waals surface area (Å²) >= 11 is 1.19. The Morgan fingerprint density at radius 2 is 1.68 bits per heavy atom. The molecule has 0 fully saturated rings. The zero-order valence-corrected chi connectivity index (χ0v) is 21.8. The van der Waals surface area contributed by atoms with Gasteiger partial charge in [0.2, 0.25) is 0 Å². The molecular formula is C27H28N2O7S. The maximum absolute atomic E-state index is 13.4. The highest BCUT2D eigenvalue weighted by atomic mass is 32.1. The van der Waals surface area contributed by atoms with E-state index in [2.05, 4.69) is 0 Å². The fraction of sp³-hybridized carbons (Fsp3) is 0.296. The number of aromatic hydroxyl groups is 2. The number of hydrogen-bond donors (Lipinski definition) is 2. The van der Waals surface area contributed by atoms with Gasteiger partial charge >= 0.3 is 5.97 Å². The predicted molar refractivity (Wildman–Crippen MR) is 140 cm³/mol. The summed E-state index contributed by atoms with van der Waals surface area (Å²) in [6, 6.07) is 8.87. The van der Waals surface area contributed by atoms with Gasteiger partial charge in [0, 0.05) is 5.70 Å². The van der Waals surface area contributed by atoms with Crippen LogP contribution < -0.4 is 24.4 Å². The standard InChI is InChI=1S/C27H28N2O7S/c1-5-34-20-12-16(8-10-18(20)30)13-22-25(32)29-15(4)23(26(33)36-7-3)24(28-27(29)37-22)17-9-11-19(31)21(14-17)35-6-2/h8-14,24,30-31H,5-7H2,1-4H3/b22-13-/t24-/m1/s1. The SMILES string of the molecule is CCOC(=O)C1=C(C)n2c(s/c(=C\c3ccc(O)c(OCC)c3)c2=O)=N[C@@H]1c1ccc(O)c(OCC)c1. The lowest BCUT2D eigenvalue weighted by Gasteiger charge is -2.22. The van der Waals surface area contributed by atoms with Crippen LogP contribution in [0.25, 0.3) is 11.8 Å². The van der Waals surface area contributed by atoms with Crippen molar-refractivity contribution in [1.82, 2.24) is 4.57 Å². The second kappa shape index (κ2) is 10.9. The molecule has 1 aromatic heterocycles. The predicted octanol–water partition coefficient (Wildman–Crippen LogP) is 3.12. The van der Waals surface area contributed by atoms with Crippen LogP contribution in [0, 0.1) is 0 Å². The number of ether oxygens (including phenoxy) is 3. The van der Waals surface area contributed by atoms with E-state index in [9.17, 15) is 19.8 Å². The van der Waals surface area contributed by atoms with Crippen molar-refractivity contribution in [2.45, 2.75) is 33.7 Å². The molecule has 194 valence electrons. The number of carbonyl (C=O) groups is 1. The van der Waals surface area contributed by atoms with Crippen LogP contribution in [0.1, 0.15) is 44.9 Å². The van der Waals surface area contributed by atoms with Gasteiger partial charge in [-0.25, -0.2) is 9.79 Å². The Bertz CT molecular complexity index is 1550. The van der Waals surface area contributed by atoms with Gasteiger partial charge in [0.15, 0.2) is 27.8 Å². The molecule has 9 nitrogen and oxygen atoms in total. The molecule has 0 saturated carbocycles. The molecule has 0 saturated heterocycles. The fourth-order valence-corrected chi connectivity index (χ4v) is 5.11. The zero-order chi connectivity index (χ0) is 26.7. The average Bonchev–Trinajstić information content (AvgIpc) is 3.18. The molecule has 1 aliphatic heterocycles. The first kappa shape index (κ1) is 26.0. The van der Waals surface area contributed by atoms with Crippen LogP contribution in [0.3, 0.4) is 0 Å². The number of thiazole rings is 1. The lowest BCUT2D eigenvalue weighted by molar-refractivity contribution is -0.138. The highest BCUT2D eigenvalue weighted by Crippen LogP contribution is 2.36. The van der Waals surface area contributed by atoms with Crippen molar-refractivity contribution < 1.29 is 29.2 Å². The van der Waals surface area contributed by atoms with Crippen LogP contribution in [-0.4, -0.2) is 40.6 Å². The van der Waals surface area contributed by atoms with E-state index in [0.717, 1.165) is 0 Å². The van der Waals surface area contributed by atoms with Crippen LogP contribution in [-0.2, 0) is 9.53 Å². The molecule has 0 aliphatic carbocycles. The van der Waals surface area contributed by atoms with Crippen LogP contribution >= 0.6 is 11.3 Å². The van der Waals surface area contributed by atoms with E-state index in [-0.39, 0.29) is 35.0 Å². The molecule has 2 heterocycles. The Kier molecular flexibility index (Phi) is 7.68. The van der Waals surface area contributed by atoms with Gasteiger partial charge in [0.25, 0.3) is 5.56 Å². The van der Waals surface area contributed by atoms with E-state index < -0.39 is 12.0 Å². The van der Waals surface area contributed by atoms with Crippen molar-refractivity contribution in [2.24, 2.45) is 4.99 Å². The third-order valence-electron chi connectivity index (χ3n) is 5.72. The minimum atomic E-state index is -0.761. The summed E-state index contributed by atoms with van der Waals surface area (Å²) in [5.74, 6) is 0.00777. The van der Waals surface area contributed by atoms with Crippen molar-refractivity contribution in [3.8, 4) is 23.0 Å². The largest absolute Gasteiger partial charge is 0.504 e. The Morgan fingerprint density at radius 1 is 1.03 bits per heavy atom. The number of phenols is 2. The third-order valence-corrected chi connectivity index (χ3v) is 6.70. The summed E-state index contributed by atoms with van der Waals surface area (Å²) < 4.78 is 18.1. The summed E-state index contributed by atoms with van der Waals surface area (Å²) in [6.07, 6.45) is 1.69. The van der Waals surface area contributed by atoms with Gasteiger partial charge in [0.1, 0.15) is 6.04 Å². The smallest absolute Gasteiger partial charge is 0.338 e. The molecule has 37 heavy (non-hydrogen) atoms. The van der Waals surface area contributed by atoms with Gasteiger partial charge in [0.05, 0.1) is 29.9 Å². The molecule has 1 atom stereocenters. The van der Waals surface area contributed by atoms with Gasteiger partial charge in [-0.3, -0.25) is 9.36 Å². The second-order valence-corrected chi connectivity index (χ2v) is 9.11. The second-order valence-electron chi connectivity index (χ2n) is 8.11. The molecule has 1 aliphatic rings. The van der Waals surface area contributed by atoms with E-state index in [1.807, 2.05) is 6.92 Å². The van der Waals surface area contributed by atoms with E-state index >= 15 is 0 Å². The number of nitrogens with zero attached hydrogens (tertiary/aromatic N) is 2. The van der Waals surface area contributed by atoms with E-state index in [1.54, 1.807) is 51.1 Å². The Balaban J connectivity index is 1.91. The Labute approximate surface area is 217 Å². The van der Waals surface area contributed by atoms with Gasteiger partial charge in [-0.15, -0.1) is 0 Å². The third kappa shape index (κ3) is 5.10. The van der Waals surface area contributed by atoms with Gasteiger partial charge in [-0.2, -0.15) is 0 Å². The number of rotatable bonds is 8. The Morgan fingerprint density at radius 3 is 2.32 bits per heavy atom. The summed E-state index contributed by atoms with van der Waals surface area (Å²) in [5, 5.41) is 20.1. The summed E-state index contributed by atoms with van der Waals surface area (Å²) in [5.41, 5.74) is 1.61. The molecule has 0 radical (unpaired) electrons. The summed E-state index contributed by atoms with van der Waals surface area (Å²) in [4.78, 5) is 31.6. The monoisotopic (exact) mass is 524 g/mol. The fourth-order valence-electron chi connectivity index (χ4n) is 4.07. The molecule has 4 rings (SSSR count). The number of hydrogen-bond acceptors (Lipinski definition) is 9. The number of fused-ring (bicyclic) bond motifs is 1. The molecular weight excluding hydrogens is 496 g/mol. The van der Waals surface area contributed by atoms with Crippen molar-refractivity contribution in [3.05, 3.63) is 72.8 Å². The van der Waals surface area contributed by atoms with Crippen LogP contribution in [0.4, 0.5) is 0 Å². The Hall–Kier alpha value is -4.05. The zero-order valence-electron chi connectivity index (χ0n) is 21.0. The average molecular weight is 525 g/mol. The molecule has 0 amide bonds. The van der Waals surface area contributed by atoms with E-state index in [4.69, 9.17) is 19.2 Å².